The zero-order valence-corrected chi connectivity index (χ0v) is 11.6. The smallest absolute Gasteiger partial charge is 0.173 e. The van der Waals surface area contributed by atoms with Gasteiger partial charge in [-0.15, -0.1) is 0 Å². The van der Waals surface area contributed by atoms with Crippen LogP contribution in [-0.2, 0) is 0 Å². The fourth-order valence-electron chi connectivity index (χ4n) is 1.60. The Labute approximate surface area is 110 Å². The van der Waals surface area contributed by atoms with Crippen LogP contribution in [0.2, 0.25) is 0 Å². The molecular formula is C14H22N2S. The number of hydrogen-bond acceptors (Lipinski definition) is 1. The molecule has 0 atom stereocenters. The van der Waals surface area contributed by atoms with Gasteiger partial charge in [-0.2, -0.15) is 0 Å². The van der Waals surface area contributed by atoms with E-state index in [4.69, 9.17) is 12.2 Å². The van der Waals surface area contributed by atoms with Crippen molar-refractivity contribution in [3.05, 3.63) is 30.3 Å². The Bertz CT molecular complexity index is 324. The van der Waals surface area contributed by atoms with E-state index in [1.54, 1.807) is 0 Å². The molecule has 1 aromatic carbocycles. The highest BCUT2D eigenvalue weighted by molar-refractivity contribution is 7.80. The lowest BCUT2D eigenvalue weighted by atomic mass is 10.2. The fraction of sp³-hybridized carbons (Fsp3) is 0.500. The molecule has 0 aliphatic heterocycles. The van der Waals surface area contributed by atoms with E-state index in [-0.39, 0.29) is 0 Å². The standard InChI is InChI=1S/C14H22N2S/c1-3-5-12-16(14(17)15-11-4-2)13-9-7-6-8-10-13/h6-10H,3-5,11-12H2,1-2H3,(H,15,17). The van der Waals surface area contributed by atoms with Gasteiger partial charge in [0.05, 0.1) is 0 Å². The fourth-order valence-corrected chi connectivity index (χ4v) is 1.90. The summed E-state index contributed by atoms with van der Waals surface area (Å²) in [6.07, 6.45) is 3.43. The quantitative estimate of drug-likeness (QED) is 0.777. The van der Waals surface area contributed by atoms with Crippen LogP contribution in [0.4, 0.5) is 5.69 Å². The van der Waals surface area contributed by atoms with Crippen LogP contribution in [0.3, 0.4) is 0 Å². The second-order valence-corrected chi connectivity index (χ2v) is 4.46. The number of unbranched alkanes of at least 4 members (excludes halogenated alkanes) is 1. The summed E-state index contributed by atoms with van der Waals surface area (Å²) in [6.45, 7) is 6.27. The summed E-state index contributed by atoms with van der Waals surface area (Å²) < 4.78 is 0. The number of nitrogens with one attached hydrogen (secondary N) is 1. The molecule has 0 amide bonds. The number of hydrogen-bond donors (Lipinski definition) is 1. The molecule has 0 aliphatic rings. The summed E-state index contributed by atoms with van der Waals surface area (Å²) in [5.41, 5.74) is 1.18. The summed E-state index contributed by atoms with van der Waals surface area (Å²) in [5.74, 6) is 0. The lowest BCUT2D eigenvalue weighted by Gasteiger charge is -2.25. The number of rotatable bonds is 6. The molecule has 0 aromatic heterocycles. The van der Waals surface area contributed by atoms with Crippen molar-refractivity contribution >= 4 is 23.0 Å². The second-order valence-electron chi connectivity index (χ2n) is 4.07. The van der Waals surface area contributed by atoms with Crippen LogP contribution in [0.15, 0.2) is 30.3 Å². The van der Waals surface area contributed by atoms with Crippen LogP contribution in [-0.4, -0.2) is 18.2 Å². The molecule has 0 saturated carbocycles. The summed E-state index contributed by atoms with van der Waals surface area (Å²) in [4.78, 5) is 2.19. The van der Waals surface area contributed by atoms with E-state index >= 15 is 0 Å². The van der Waals surface area contributed by atoms with Crippen molar-refractivity contribution < 1.29 is 0 Å². The molecule has 17 heavy (non-hydrogen) atoms. The molecule has 1 N–H and O–H groups in total. The summed E-state index contributed by atoms with van der Waals surface area (Å²) in [7, 11) is 0. The van der Waals surface area contributed by atoms with Gasteiger partial charge < -0.3 is 10.2 Å². The average molecular weight is 250 g/mol. The zero-order valence-electron chi connectivity index (χ0n) is 10.8. The maximum absolute atomic E-state index is 5.45. The first-order valence-corrected chi connectivity index (χ1v) is 6.80. The van der Waals surface area contributed by atoms with Gasteiger partial charge in [0, 0.05) is 18.8 Å². The third-order valence-electron chi connectivity index (χ3n) is 2.57. The van der Waals surface area contributed by atoms with Gasteiger partial charge >= 0.3 is 0 Å². The van der Waals surface area contributed by atoms with Gasteiger partial charge in [-0.05, 0) is 37.2 Å². The molecule has 0 spiro atoms. The zero-order chi connectivity index (χ0) is 12.5. The van der Waals surface area contributed by atoms with Gasteiger partial charge in [0.15, 0.2) is 5.11 Å². The van der Waals surface area contributed by atoms with E-state index in [2.05, 4.69) is 48.3 Å². The highest BCUT2D eigenvalue weighted by Crippen LogP contribution is 2.14. The van der Waals surface area contributed by atoms with Crippen LogP contribution in [0.1, 0.15) is 33.1 Å². The third-order valence-corrected chi connectivity index (χ3v) is 2.94. The molecule has 3 heteroatoms. The Morgan fingerprint density at radius 1 is 1.18 bits per heavy atom. The monoisotopic (exact) mass is 250 g/mol. The molecular weight excluding hydrogens is 228 g/mol. The van der Waals surface area contributed by atoms with Crippen molar-refractivity contribution in [3.8, 4) is 0 Å². The molecule has 94 valence electrons. The molecule has 2 nitrogen and oxygen atoms in total. The topological polar surface area (TPSA) is 15.3 Å². The molecule has 1 aromatic rings. The largest absolute Gasteiger partial charge is 0.362 e. The molecule has 0 bridgehead atoms. The highest BCUT2D eigenvalue weighted by Gasteiger charge is 2.10. The van der Waals surface area contributed by atoms with Gasteiger partial charge in [-0.1, -0.05) is 38.5 Å². The van der Waals surface area contributed by atoms with Gasteiger partial charge in [-0.25, -0.2) is 0 Å². The maximum atomic E-state index is 5.45. The van der Waals surface area contributed by atoms with Crippen molar-refractivity contribution in [2.45, 2.75) is 33.1 Å². The number of thiocarbonyl (C=S) groups is 1. The molecule has 1 rings (SSSR count). The van der Waals surface area contributed by atoms with Gasteiger partial charge in [0.25, 0.3) is 0 Å². The summed E-state index contributed by atoms with van der Waals surface area (Å²) in [6, 6.07) is 10.3. The first-order chi connectivity index (χ1) is 8.29. The molecule has 0 aliphatic carbocycles. The predicted molar refractivity (Wildman–Crippen MR) is 79.6 cm³/mol. The van der Waals surface area contributed by atoms with Crippen molar-refractivity contribution in [3.63, 3.8) is 0 Å². The molecule has 0 heterocycles. The first kappa shape index (κ1) is 14.0. The average Bonchev–Trinajstić information content (AvgIpc) is 2.38. The Morgan fingerprint density at radius 3 is 2.47 bits per heavy atom. The number of para-hydroxylation sites is 1. The van der Waals surface area contributed by atoms with E-state index in [1.807, 2.05) is 6.07 Å². The predicted octanol–water partition coefficient (Wildman–Crippen LogP) is 3.58. The Balaban J connectivity index is 2.69. The normalized spacial score (nSPS) is 10.0. The van der Waals surface area contributed by atoms with Crippen LogP contribution in [0.25, 0.3) is 0 Å². The van der Waals surface area contributed by atoms with Gasteiger partial charge in [0.1, 0.15) is 0 Å². The van der Waals surface area contributed by atoms with Crippen molar-refractivity contribution in [2.75, 3.05) is 18.0 Å². The lowest BCUT2D eigenvalue weighted by molar-refractivity contribution is 0.773. The highest BCUT2D eigenvalue weighted by atomic mass is 32.1. The van der Waals surface area contributed by atoms with E-state index in [0.717, 1.165) is 31.0 Å². The lowest BCUT2D eigenvalue weighted by Crippen LogP contribution is -2.40. The molecule has 0 fully saturated rings. The number of anilines is 1. The first-order valence-electron chi connectivity index (χ1n) is 6.40. The minimum atomic E-state index is 0.839. The minimum Gasteiger partial charge on any atom is -0.362 e. The van der Waals surface area contributed by atoms with Crippen molar-refractivity contribution in [2.24, 2.45) is 0 Å². The maximum Gasteiger partial charge on any atom is 0.173 e. The minimum absolute atomic E-state index is 0.839. The Hall–Kier alpha value is -1.09. The number of nitrogens with zero attached hydrogens (tertiary/aromatic N) is 1. The van der Waals surface area contributed by atoms with E-state index < -0.39 is 0 Å². The van der Waals surface area contributed by atoms with E-state index in [9.17, 15) is 0 Å². The number of benzene rings is 1. The van der Waals surface area contributed by atoms with Crippen LogP contribution < -0.4 is 10.2 Å². The van der Waals surface area contributed by atoms with Gasteiger partial charge in [-0.3, -0.25) is 0 Å². The van der Waals surface area contributed by atoms with Crippen LogP contribution in [0.5, 0.6) is 0 Å². The summed E-state index contributed by atoms with van der Waals surface area (Å²) >= 11 is 5.45. The van der Waals surface area contributed by atoms with E-state index in [0.29, 0.717) is 0 Å². The Morgan fingerprint density at radius 2 is 1.88 bits per heavy atom. The Kier molecular flexibility index (Phi) is 6.63. The van der Waals surface area contributed by atoms with Crippen LogP contribution >= 0.6 is 12.2 Å². The van der Waals surface area contributed by atoms with E-state index in [1.165, 1.54) is 12.1 Å². The van der Waals surface area contributed by atoms with Crippen molar-refractivity contribution in [1.82, 2.24) is 5.32 Å². The third kappa shape index (κ3) is 4.73. The molecule has 0 radical (unpaired) electrons. The molecule has 0 saturated heterocycles. The van der Waals surface area contributed by atoms with Crippen LogP contribution in [0, 0.1) is 0 Å². The second kappa shape index (κ2) is 8.07. The van der Waals surface area contributed by atoms with Gasteiger partial charge in [0.2, 0.25) is 0 Å². The molecule has 0 unspecified atom stereocenters. The SMILES string of the molecule is CCCCN(C(=S)NCCC)c1ccccc1. The van der Waals surface area contributed by atoms with Crippen molar-refractivity contribution in [1.29, 1.82) is 0 Å². The summed E-state index contributed by atoms with van der Waals surface area (Å²) in [5, 5.41) is 4.14.